The summed E-state index contributed by atoms with van der Waals surface area (Å²) in [6.45, 7) is 0.800. The maximum atomic E-state index is 11.3. The summed E-state index contributed by atoms with van der Waals surface area (Å²) in [5.41, 5.74) is 0. The number of ether oxygens (including phenoxy) is 1. The monoisotopic (exact) mass is 309 g/mol. The molecule has 0 radical (unpaired) electrons. The van der Waals surface area contributed by atoms with E-state index in [9.17, 15) is 4.79 Å². The first-order valence-electron chi connectivity index (χ1n) is 5.53. The van der Waals surface area contributed by atoms with E-state index in [4.69, 9.17) is 39.5 Å². The van der Waals surface area contributed by atoms with Gasteiger partial charge in [-0.3, -0.25) is 4.79 Å². The minimum absolute atomic E-state index is 0.0247. The van der Waals surface area contributed by atoms with E-state index in [0.717, 1.165) is 0 Å². The van der Waals surface area contributed by atoms with E-state index in [1.165, 1.54) is 0 Å². The zero-order chi connectivity index (χ0) is 13.4. The highest BCUT2D eigenvalue weighted by Crippen LogP contribution is 2.23. The van der Waals surface area contributed by atoms with Gasteiger partial charge < -0.3 is 10.1 Å². The Labute approximate surface area is 121 Å². The van der Waals surface area contributed by atoms with Gasteiger partial charge in [0.1, 0.15) is 12.4 Å². The van der Waals surface area contributed by atoms with Crippen molar-refractivity contribution in [3.8, 4) is 5.75 Å². The van der Waals surface area contributed by atoms with E-state index in [2.05, 4.69) is 5.32 Å². The van der Waals surface area contributed by atoms with Gasteiger partial charge in [-0.2, -0.15) is 0 Å². The van der Waals surface area contributed by atoms with Gasteiger partial charge in [-0.15, -0.1) is 11.6 Å². The van der Waals surface area contributed by atoms with Crippen LogP contribution in [0, 0.1) is 0 Å². The molecule has 1 amide bonds. The van der Waals surface area contributed by atoms with Gasteiger partial charge >= 0.3 is 0 Å². The molecule has 3 nitrogen and oxygen atoms in total. The Balaban J connectivity index is 2.23. The largest absolute Gasteiger partial charge is 0.492 e. The molecule has 1 aromatic carbocycles. The van der Waals surface area contributed by atoms with Gasteiger partial charge in [0.05, 0.1) is 6.54 Å². The highest BCUT2D eigenvalue weighted by Gasteiger charge is 2.01. The third-order valence-electron chi connectivity index (χ3n) is 2.07. The Kier molecular flexibility index (Phi) is 7.25. The van der Waals surface area contributed by atoms with Gasteiger partial charge in [0, 0.05) is 22.3 Å². The summed E-state index contributed by atoms with van der Waals surface area (Å²) < 4.78 is 5.41. The van der Waals surface area contributed by atoms with Crippen LogP contribution in [-0.2, 0) is 4.79 Å². The van der Waals surface area contributed by atoms with Crippen molar-refractivity contribution in [3.05, 3.63) is 28.2 Å². The van der Waals surface area contributed by atoms with Crippen LogP contribution >= 0.6 is 34.8 Å². The van der Waals surface area contributed by atoms with Crippen LogP contribution in [0.4, 0.5) is 0 Å². The van der Waals surface area contributed by atoms with Gasteiger partial charge in [-0.25, -0.2) is 0 Å². The average molecular weight is 311 g/mol. The fourth-order valence-corrected chi connectivity index (χ4v) is 1.93. The summed E-state index contributed by atoms with van der Waals surface area (Å²) in [5.74, 6) is 1.05. The van der Waals surface area contributed by atoms with Crippen molar-refractivity contribution in [3.63, 3.8) is 0 Å². The number of hydrogen-bond acceptors (Lipinski definition) is 2. The molecule has 0 aliphatic heterocycles. The number of alkyl halides is 1. The minimum atomic E-state index is -0.0247. The molecule has 100 valence electrons. The van der Waals surface area contributed by atoms with Gasteiger partial charge in [0.25, 0.3) is 0 Å². The first-order chi connectivity index (χ1) is 8.61. The maximum absolute atomic E-state index is 11.3. The summed E-state index contributed by atoms with van der Waals surface area (Å²) in [4.78, 5) is 11.3. The van der Waals surface area contributed by atoms with Crippen molar-refractivity contribution < 1.29 is 9.53 Å². The highest BCUT2D eigenvalue weighted by atomic mass is 35.5. The van der Waals surface area contributed by atoms with Crippen LogP contribution in [-0.4, -0.2) is 24.9 Å². The molecular weight excluding hydrogens is 296 g/mol. The molecule has 0 aliphatic carbocycles. The van der Waals surface area contributed by atoms with Gasteiger partial charge in [-0.1, -0.05) is 23.2 Å². The number of hydrogen-bond donors (Lipinski definition) is 1. The molecule has 1 aromatic rings. The summed E-state index contributed by atoms with van der Waals surface area (Å²) in [6.07, 6.45) is 1.12. The molecule has 1 N–H and O–H groups in total. The average Bonchev–Trinajstić information content (AvgIpc) is 2.31. The fraction of sp³-hybridized carbons (Fsp3) is 0.417. The van der Waals surface area contributed by atoms with Crippen molar-refractivity contribution in [2.45, 2.75) is 12.8 Å². The van der Waals surface area contributed by atoms with Gasteiger partial charge in [0.15, 0.2) is 0 Å². The third kappa shape index (κ3) is 6.34. The second kappa shape index (κ2) is 8.46. The quantitative estimate of drug-likeness (QED) is 0.618. The molecule has 0 saturated heterocycles. The minimum Gasteiger partial charge on any atom is -0.492 e. The standard InChI is InChI=1S/C12H14Cl3NO2/c13-3-1-2-12(17)16-4-5-18-11-7-9(14)6-10(15)8-11/h6-8H,1-5H2,(H,16,17). The van der Waals surface area contributed by atoms with Crippen LogP contribution in [0.2, 0.25) is 10.0 Å². The molecule has 0 heterocycles. The lowest BCUT2D eigenvalue weighted by molar-refractivity contribution is -0.121. The first kappa shape index (κ1) is 15.4. The molecule has 0 aromatic heterocycles. The normalized spacial score (nSPS) is 10.2. The highest BCUT2D eigenvalue weighted by molar-refractivity contribution is 6.34. The smallest absolute Gasteiger partial charge is 0.220 e. The summed E-state index contributed by atoms with van der Waals surface area (Å²) in [7, 11) is 0. The lowest BCUT2D eigenvalue weighted by Crippen LogP contribution is -2.27. The van der Waals surface area contributed by atoms with E-state index in [0.29, 0.717) is 47.7 Å². The van der Waals surface area contributed by atoms with E-state index in [1.54, 1.807) is 18.2 Å². The number of carbonyl (C=O) groups is 1. The Bertz CT molecular complexity index is 379. The van der Waals surface area contributed by atoms with Crippen LogP contribution in [0.5, 0.6) is 5.75 Å². The third-order valence-corrected chi connectivity index (χ3v) is 2.77. The van der Waals surface area contributed by atoms with Gasteiger partial charge in [0.2, 0.25) is 5.91 Å². The number of benzene rings is 1. The molecule has 0 aliphatic rings. The van der Waals surface area contributed by atoms with E-state index in [1.807, 2.05) is 0 Å². The molecule has 6 heteroatoms. The van der Waals surface area contributed by atoms with Crippen molar-refractivity contribution in [2.24, 2.45) is 0 Å². The SMILES string of the molecule is O=C(CCCCl)NCCOc1cc(Cl)cc(Cl)c1. The predicted octanol–water partition coefficient (Wildman–Crippen LogP) is 3.51. The molecule has 1 rings (SSSR count). The zero-order valence-corrected chi connectivity index (χ0v) is 12.0. The summed E-state index contributed by atoms with van der Waals surface area (Å²) in [5, 5.41) is 3.76. The molecule has 18 heavy (non-hydrogen) atoms. The van der Waals surface area contributed by atoms with Crippen LogP contribution in [0.25, 0.3) is 0 Å². The summed E-state index contributed by atoms with van der Waals surface area (Å²) >= 11 is 17.1. The second-order valence-electron chi connectivity index (χ2n) is 3.60. The fourth-order valence-electron chi connectivity index (χ4n) is 1.29. The van der Waals surface area contributed by atoms with Gasteiger partial charge in [-0.05, 0) is 24.6 Å². The zero-order valence-electron chi connectivity index (χ0n) is 9.72. The molecule has 0 spiro atoms. The van der Waals surface area contributed by atoms with E-state index < -0.39 is 0 Å². The number of rotatable bonds is 7. The molecular formula is C12H14Cl3NO2. The Morgan fingerprint density at radius 1 is 1.22 bits per heavy atom. The Morgan fingerprint density at radius 3 is 2.50 bits per heavy atom. The van der Waals surface area contributed by atoms with Crippen LogP contribution in [0.15, 0.2) is 18.2 Å². The first-order valence-corrected chi connectivity index (χ1v) is 6.82. The maximum Gasteiger partial charge on any atom is 0.220 e. The van der Waals surface area contributed by atoms with Crippen LogP contribution < -0.4 is 10.1 Å². The number of nitrogens with one attached hydrogen (secondary N) is 1. The van der Waals surface area contributed by atoms with Crippen LogP contribution in [0.3, 0.4) is 0 Å². The van der Waals surface area contributed by atoms with Crippen molar-refractivity contribution in [2.75, 3.05) is 19.0 Å². The second-order valence-corrected chi connectivity index (χ2v) is 4.85. The lowest BCUT2D eigenvalue weighted by Gasteiger charge is -2.08. The Hall–Kier alpha value is -0.640. The topological polar surface area (TPSA) is 38.3 Å². The Morgan fingerprint density at radius 2 is 1.89 bits per heavy atom. The van der Waals surface area contributed by atoms with Crippen molar-refractivity contribution in [1.82, 2.24) is 5.32 Å². The molecule has 0 atom stereocenters. The van der Waals surface area contributed by atoms with Crippen molar-refractivity contribution >= 4 is 40.7 Å². The molecule has 0 unspecified atom stereocenters. The molecule has 0 bridgehead atoms. The van der Waals surface area contributed by atoms with E-state index >= 15 is 0 Å². The predicted molar refractivity (Wildman–Crippen MR) is 74.9 cm³/mol. The number of carbonyl (C=O) groups excluding carboxylic acids is 1. The molecule has 0 saturated carbocycles. The molecule has 0 fully saturated rings. The van der Waals surface area contributed by atoms with Crippen LogP contribution in [0.1, 0.15) is 12.8 Å². The lowest BCUT2D eigenvalue weighted by atomic mass is 10.3. The summed E-state index contributed by atoms with van der Waals surface area (Å²) in [6, 6.07) is 4.97. The number of halogens is 3. The van der Waals surface area contributed by atoms with E-state index in [-0.39, 0.29) is 5.91 Å². The van der Waals surface area contributed by atoms with Crippen molar-refractivity contribution in [1.29, 1.82) is 0 Å². The number of amides is 1.